The molecule has 3 aromatic heterocycles. The van der Waals surface area contributed by atoms with Crippen LogP contribution in [0.4, 0.5) is 34.3 Å². The molecule has 1 amide bonds. The molecule has 88 heavy (non-hydrogen) atoms. The number of rotatable bonds is 16. The number of H-pyrrole nitrogens is 1. The van der Waals surface area contributed by atoms with Gasteiger partial charge in [-0.3, -0.25) is 24.7 Å². The van der Waals surface area contributed by atoms with Crippen molar-refractivity contribution in [3.8, 4) is 11.6 Å². The van der Waals surface area contributed by atoms with Crippen molar-refractivity contribution < 1.29 is 42.2 Å². The number of ether oxygens (including phenoxy) is 4. The number of nitro benzene ring substituents is 1. The fraction of sp³-hybridized carbons (Fsp3) is 0.530. The lowest BCUT2D eigenvalue weighted by Gasteiger charge is -2.47. The minimum atomic E-state index is -4.65. The van der Waals surface area contributed by atoms with Gasteiger partial charge in [0.15, 0.2) is 11.6 Å². The number of amides is 1. The van der Waals surface area contributed by atoms with Crippen LogP contribution in [0.3, 0.4) is 0 Å². The summed E-state index contributed by atoms with van der Waals surface area (Å²) in [5.74, 6) is 1.72. The molecule has 6 fully saturated rings. The van der Waals surface area contributed by atoms with Crippen molar-refractivity contribution in [3.63, 3.8) is 0 Å². The number of fused-ring (bicyclic) bond motifs is 3. The van der Waals surface area contributed by atoms with Gasteiger partial charge in [-0.1, -0.05) is 38.1 Å². The topological polar surface area (TPSA) is 233 Å². The predicted octanol–water partition coefficient (Wildman–Crippen LogP) is 9.69. The van der Waals surface area contributed by atoms with Crippen LogP contribution in [0, 0.1) is 21.4 Å². The van der Waals surface area contributed by atoms with Crippen molar-refractivity contribution in [2.45, 2.75) is 132 Å². The van der Waals surface area contributed by atoms with Crippen molar-refractivity contribution in [2.24, 2.45) is 11.3 Å². The lowest BCUT2D eigenvalue weighted by atomic mass is 9.76. The number of carbonyl (C=O) groups excluding carboxylic acids is 1. The van der Waals surface area contributed by atoms with Crippen LogP contribution in [0.5, 0.6) is 11.6 Å². The molecule has 13 rings (SSSR count). The first kappa shape index (κ1) is 59.9. The Labute approximate surface area is 515 Å². The van der Waals surface area contributed by atoms with Crippen LogP contribution in [-0.2, 0) is 26.0 Å². The molecule has 4 atom stereocenters. The molecule has 0 radical (unpaired) electrons. The van der Waals surface area contributed by atoms with Crippen LogP contribution in [0.2, 0.25) is 0 Å². The van der Waals surface area contributed by atoms with Gasteiger partial charge in [-0.15, -0.1) is 0 Å². The number of nitrogens with zero attached hydrogens (tertiary/aromatic N) is 8. The molecule has 0 unspecified atom stereocenters. The Balaban J connectivity index is 0.752. The number of anilines is 5. The number of morpholine rings is 1. The SMILES string of the molecule is COc1cc(CN2CCN([C@H]3CCC4(CCN(c5ccc(C(=O)NS(=O)(=O)c6ccc(NCC7CCC(C)(O)CC7)c([N+](=O)[O-])c6)c(N6c7cc8cc[nH]c8nc7O[C@H]7COCC[C@@H]76)c5)CC4)C3)[C@H](c3ccccc3C(C)C)C2)cnc1N1CCOCC1. The number of hydrogen-bond donors (Lipinski definition) is 4. The van der Waals surface area contributed by atoms with Crippen molar-refractivity contribution in [3.05, 3.63) is 124 Å². The summed E-state index contributed by atoms with van der Waals surface area (Å²) in [6, 6.07) is 24.8. The third kappa shape index (κ3) is 12.2. The lowest BCUT2D eigenvalue weighted by molar-refractivity contribution is -0.384. The molecule has 5 aliphatic heterocycles. The molecule has 22 heteroatoms. The van der Waals surface area contributed by atoms with Crippen molar-refractivity contribution in [2.75, 3.05) is 106 Å². The number of aromatic nitrogens is 3. The lowest BCUT2D eigenvalue weighted by Crippen LogP contribution is -2.53. The van der Waals surface area contributed by atoms with E-state index in [1.54, 1.807) is 13.2 Å². The molecule has 2 aliphatic carbocycles. The number of hydrogen-bond acceptors (Lipinski definition) is 18. The number of piperazine rings is 1. The van der Waals surface area contributed by atoms with E-state index < -0.39 is 43.1 Å². The van der Waals surface area contributed by atoms with Gasteiger partial charge in [0.1, 0.15) is 23.1 Å². The van der Waals surface area contributed by atoms with Crippen LogP contribution in [0.1, 0.15) is 124 Å². The predicted molar refractivity (Wildman–Crippen MR) is 338 cm³/mol. The Hall–Kier alpha value is -7.08. The van der Waals surface area contributed by atoms with Crippen LogP contribution in [-0.4, -0.2) is 159 Å². The van der Waals surface area contributed by atoms with E-state index in [2.05, 4.69) is 83.7 Å². The number of aliphatic hydroxyl groups is 1. The maximum Gasteiger partial charge on any atom is 0.293 e. The number of methoxy groups -OCH3 is 1. The number of nitro groups is 1. The van der Waals surface area contributed by atoms with Gasteiger partial charge in [0.05, 0.1) is 59.6 Å². The molecular formula is C66H83N11O10S. The summed E-state index contributed by atoms with van der Waals surface area (Å²) in [6.45, 7) is 15.8. The first-order valence-corrected chi connectivity index (χ1v) is 33.1. The maximum atomic E-state index is 14.9. The van der Waals surface area contributed by atoms with E-state index in [-0.39, 0.29) is 34.7 Å². The third-order valence-corrected chi connectivity index (χ3v) is 21.5. The molecule has 7 aliphatic rings. The second kappa shape index (κ2) is 24.7. The second-order valence-corrected chi connectivity index (χ2v) is 27.9. The first-order valence-electron chi connectivity index (χ1n) is 31.7. The maximum absolute atomic E-state index is 14.9. The van der Waals surface area contributed by atoms with Crippen LogP contribution < -0.4 is 34.2 Å². The zero-order valence-electron chi connectivity index (χ0n) is 51.0. The number of benzene rings is 3. The molecule has 6 aromatic rings. The van der Waals surface area contributed by atoms with E-state index in [0.717, 1.165) is 132 Å². The van der Waals surface area contributed by atoms with E-state index in [4.69, 9.17) is 28.9 Å². The van der Waals surface area contributed by atoms with Gasteiger partial charge in [-0.2, -0.15) is 4.98 Å². The number of carbonyl (C=O) groups is 1. The summed E-state index contributed by atoms with van der Waals surface area (Å²) in [5, 5.41) is 27.0. The Bertz CT molecular complexity index is 3650. The Kier molecular flexibility index (Phi) is 16.8. The average Bonchev–Trinajstić information content (AvgIpc) is 1.19. The molecule has 2 saturated carbocycles. The van der Waals surface area contributed by atoms with Crippen molar-refractivity contribution in [1.29, 1.82) is 0 Å². The smallest absolute Gasteiger partial charge is 0.293 e. The molecule has 21 nitrogen and oxygen atoms in total. The molecule has 8 heterocycles. The van der Waals surface area contributed by atoms with E-state index in [1.165, 1.54) is 23.3 Å². The third-order valence-electron chi connectivity index (χ3n) is 20.2. The van der Waals surface area contributed by atoms with E-state index >= 15 is 0 Å². The minimum Gasteiger partial charge on any atom is -0.493 e. The van der Waals surface area contributed by atoms with E-state index in [9.17, 15) is 28.4 Å². The zero-order chi connectivity index (χ0) is 60.9. The van der Waals surface area contributed by atoms with Crippen LogP contribution in [0.25, 0.3) is 11.0 Å². The second-order valence-electron chi connectivity index (χ2n) is 26.2. The molecule has 3 aromatic carbocycles. The van der Waals surface area contributed by atoms with Crippen LogP contribution >= 0.6 is 0 Å². The highest BCUT2D eigenvalue weighted by Gasteiger charge is 2.47. The number of aromatic amines is 1. The standard InChI is InChI=1S/C66H83N11O10S/c1-43(2)50-7-5-6-8-51(50)58-41-72(40-45-33-59(84-4)62(69-39-45)74-28-31-85-32-29-74)26-27-75(58)48-15-20-66(37-48)21-24-73(25-22-66)47-9-11-52(55(35-47)76-54-17-30-86-42-60(54)87-64-57(76)34-46-16-23-67-61(46)70-64)63(78)71-88(82,83)49-10-12-53(56(36-49)77(80)81)68-38-44-13-18-65(3,79)19-14-44/h5-12,16,23,33-36,39,43-44,48,54,58,60,68,79H,13-15,17-22,24-32,37-38,40-42H2,1-4H3,(H,67,70)(H,71,78)/t44?,48-,54-,58-,60-,65?/m0/s1. The fourth-order valence-electron chi connectivity index (χ4n) is 15.2. The summed E-state index contributed by atoms with van der Waals surface area (Å²) in [4.78, 5) is 51.6. The van der Waals surface area contributed by atoms with E-state index in [1.807, 2.05) is 43.6 Å². The summed E-state index contributed by atoms with van der Waals surface area (Å²) in [7, 11) is -2.92. The quantitative estimate of drug-likeness (QED) is 0.0521. The molecular weight excluding hydrogens is 1140 g/mol. The van der Waals surface area contributed by atoms with Gasteiger partial charge >= 0.3 is 0 Å². The number of piperidine rings is 1. The number of nitrogens with one attached hydrogen (secondary N) is 3. The van der Waals surface area contributed by atoms with Gasteiger partial charge in [0.25, 0.3) is 21.6 Å². The minimum absolute atomic E-state index is 0.109. The van der Waals surface area contributed by atoms with E-state index in [0.29, 0.717) is 87.1 Å². The Morgan fingerprint density at radius 3 is 2.49 bits per heavy atom. The molecule has 0 bridgehead atoms. The Morgan fingerprint density at radius 2 is 1.70 bits per heavy atom. The van der Waals surface area contributed by atoms with Gasteiger partial charge in [0.2, 0.25) is 5.88 Å². The zero-order valence-corrected chi connectivity index (χ0v) is 51.8. The summed E-state index contributed by atoms with van der Waals surface area (Å²) in [6.07, 6.45) is 12.1. The molecule has 1 spiro atoms. The summed E-state index contributed by atoms with van der Waals surface area (Å²) >= 11 is 0. The summed E-state index contributed by atoms with van der Waals surface area (Å²) < 4.78 is 55.1. The number of sulfonamides is 1. The highest BCUT2D eigenvalue weighted by Crippen LogP contribution is 2.52. The fourth-order valence-corrected chi connectivity index (χ4v) is 16.2. The Morgan fingerprint density at radius 1 is 0.898 bits per heavy atom. The van der Waals surface area contributed by atoms with Crippen molar-refractivity contribution >= 4 is 61.2 Å². The highest BCUT2D eigenvalue weighted by atomic mass is 32.2. The summed E-state index contributed by atoms with van der Waals surface area (Å²) in [5.41, 5.74) is 5.94. The molecule has 468 valence electrons. The van der Waals surface area contributed by atoms with Gasteiger partial charge in [-0.25, -0.2) is 18.1 Å². The van der Waals surface area contributed by atoms with Crippen molar-refractivity contribution in [1.82, 2.24) is 29.5 Å². The molecule has 4 N–H and O–H groups in total. The largest absolute Gasteiger partial charge is 0.493 e. The van der Waals surface area contributed by atoms with Crippen LogP contribution in [0.15, 0.2) is 96.2 Å². The monoisotopic (exact) mass is 1220 g/mol. The first-order chi connectivity index (χ1) is 42.5. The van der Waals surface area contributed by atoms with Gasteiger partial charge in [0, 0.05) is 107 Å². The van der Waals surface area contributed by atoms with Gasteiger partial charge < -0.3 is 49.1 Å². The normalized spacial score (nSPS) is 25.1. The number of pyridine rings is 2. The molecule has 4 saturated heterocycles. The van der Waals surface area contributed by atoms with Gasteiger partial charge in [-0.05, 0) is 154 Å². The average molecular weight is 1220 g/mol. The highest BCUT2D eigenvalue weighted by molar-refractivity contribution is 7.90.